The summed E-state index contributed by atoms with van der Waals surface area (Å²) in [6.45, 7) is 32.4. The molecule has 3 saturated heterocycles. The average molecular weight is 699 g/mol. The van der Waals surface area contributed by atoms with Gasteiger partial charge in [-0.05, 0) is 151 Å². The normalized spacial score (nSPS) is 33.2. The zero-order valence-corrected chi connectivity index (χ0v) is 33.2. The lowest BCUT2D eigenvalue weighted by atomic mass is 9.59. The van der Waals surface area contributed by atoms with Crippen LogP contribution in [0.1, 0.15) is 129 Å². The Morgan fingerprint density at radius 3 is 2.54 bits per heavy atom. The average Bonchev–Trinajstić information content (AvgIpc) is 3.53. The molecule has 0 aromatic heterocycles. The molecule has 3 aliphatic carbocycles. The Labute approximate surface area is 315 Å². The summed E-state index contributed by atoms with van der Waals surface area (Å²) in [7, 11) is 0. The lowest BCUT2D eigenvalue weighted by Crippen LogP contribution is -2.47. The van der Waals surface area contributed by atoms with Crippen molar-refractivity contribution in [2.45, 2.75) is 117 Å². The maximum Gasteiger partial charge on any atom is 0.0702 e. The summed E-state index contributed by atoms with van der Waals surface area (Å²) in [6, 6.07) is 10.7. The fourth-order valence-electron chi connectivity index (χ4n) is 12.8. The van der Waals surface area contributed by atoms with E-state index in [4.69, 9.17) is 13.2 Å². The monoisotopic (exact) mass is 699 g/mol. The van der Waals surface area contributed by atoms with Crippen LogP contribution in [-0.4, -0.2) is 71.8 Å². The van der Waals surface area contributed by atoms with Gasteiger partial charge in [-0.1, -0.05) is 83.7 Å². The Hall–Kier alpha value is -2.95. The molecule has 4 heteroatoms. The molecular formula is C48H66N4. The summed E-state index contributed by atoms with van der Waals surface area (Å²) in [4.78, 5) is 8.00. The first-order valence-corrected chi connectivity index (χ1v) is 21.1. The van der Waals surface area contributed by atoms with Crippen molar-refractivity contribution >= 4 is 11.3 Å². The third-order valence-electron chi connectivity index (χ3n) is 15.6. The van der Waals surface area contributed by atoms with Crippen molar-refractivity contribution in [3.8, 4) is 0 Å². The molecule has 2 aromatic carbocycles. The highest BCUT2D eigenvalue weighted by Crippen LogP contribution is 2.55. The van der Waals surface area contributed by atoms with Gasteiger partial charge in [0.2, 0.25) is 0 Å². The Bertz CT molecular complexity index is 1760. The van der Waals surface area contributed by atoms with Crippen LogP contribution >= 0.6 is 0 Å². The van der Waals surface area contributed by atoms with Crippen molar-refractivity contribution in [1.82, 2.24) is 14.7 Å². The van der Waals surface area contributed by atoms with Crippen LogP contribution in [0.2, 0.25) is 0 Å². The quantitative estimate of drug-likeness (QED) is 0.238. The first-order valence-electron chi connectivity index (χ1n) is 21.1. The Kier molecular flexibility index (Phi) is 9.73. The van der Waals surface area contributed by atoms with Gasteiger partial charge in [0.1, 0.15) is 0 Å². The molecule has 0 bridgehead atoms. The number of aryl methyl sites for hydroxylation is 1. The number of rotatable bonds is 8. The molecular weight excluding hydrogens is 633 g/mol. The summed E-state index contributed by atoms with van der Waals surface area (Å²) in [5.74, 6) is 3.81. The summed E-state index contributed by atoms with van der Waals surface area (Å²) in [6.07, 6.45) is 14.8. The van der Waals surface area contributed by atoms with Gasteiger partial charge in [-0.25, -0.2) is 0 Å². The van der Waals surface area contributed by atoms with Crippen LogP contribution in [0.15, 0.2) is 55.8 Å². The van der Waals surface area contributed by atoms with Crippen molar-refractivity contribution in [3.05, 3.63) is 100 Å². The van der Waals surface area contributed by atoms with E-state index in [-0.39, 0.29) is 5.41 Å². The van der Waals surface area contributed by atoms with Crippen LogP contribution in [0.5, 0.6) is 0 Å². The van der Waals surface area contributed by atoms with Gasteiger partial charge >= 0.3 is 0 Å². The predicted octanol–water partition coefficient (Wildman–Crippen LogP) is 10.0. The van der Waals surface area contributed by atoms with Gasteiger partial charge in [0.25, 0.3) is 0 Å². The molecule has 52 heavy (non-hydrogen) atoms. The largest absolute Gasteiger partial charge is 0.375 e. The third kappa shape index (κ3) is 5.99. The molecule has 3 aliphatic heterocycles. The maximum atomic E-state index is 9.73. The smallest absolute Gasteiger partial charge is 0.0702 e. The predicted molar refractivity (Wildman–Crippen MR) is 219 cm³/mol. The second-order valence-electron chi connectivity index (χ2n) is 18.4. The number of piperidine rings is 1. The lowest BCUT2D eigenvalue weighted by molar-refractivity contribution is 0.0529. The number of nitrogens with one attached hydrogen (secondary N) is 1. The van der Waals surface area contributed by atoms with Crippen molar-refractivity contribution in [2.24, 2.45) is 29.1 Å². The molecule has 1 N–H and O–H groups in total. The van der Waals surface area contributed by atoms with Crippen LogP contribution in [-0.2, 0) is 12.8 Å². The first kappa shape index (κ1) is 36.0. The van der Waals surface area contributed by atoms with E-state index < -0.39 is 0 Å². The van der Waals surface area contributed by atoms with Gasteiger partial charge < -0.3 is 4.90 Å². The van der Waals surface area contributed by atoms with E-state index in [0.717, 1.165) is 104 Å². The molecule has 0 radical (unpaired) electrons. The van der Waals surface area contributed by atoms with Gasteiger partial charge in [-0.15, -0.1) is 0 Å². The third-order valence-corrected chi connectivity index (χ3v) is 15.6. The summed E-state index contributed by atoms with van der Waals surface area (Å²) in [5, 5.41) is 9.73. The van der Waals surface area contributed by atoms with Gasteiger partial charge in [-0.3, -0.25) is 15.2 Å². The molecule has 0 spiro atoms. The number of hydrogen-bond donors (Lipinski definition) is 1. The number of benzene rings is 2. The van der Waals surface area contributed by atoms with Gasteiger partial charge in [0.05, 0.1) is 5.71 Å². The summed E-state index contributed by atoms with van der Waals surface area (Å²) < 4.78 is 0. The summed E-state index contributed by atoms with van der Waals surface area (Å²) in [5.41, 5.74) is 13.6. The van der Waals surface area contributed by atoms with Crippen molar-refractivity contribution < 1.29 is 0 Å². The highest BCUT2D eigenvalue weighted by molar-refractivity contribution is 6.21. The van der Waals surface area contributed by atoms with Crippen LogP contribution in [0.4, 0.5) is 0 Å². The SMILES string of the molecule is C=CN1CCN(CC(=C)C2(C)Cc3cc4c(c(C)c3C(CC3CC(C)C5CC6C(CC)CCCN6C5C3)C2)C(=N)c2c(CC)cccc2C4=C)CC1. The Morgan fingerprint density at radius 1 is 1.02 bits per heavy atom. The molecule has 0 amide bonds. The van der Waals surface area contributed by atoms with Gasteiger partial charge in [0.15, 0.2) is 0 Å². The van der Waals surface area contributed by atoms with E-state index in [9.17, 15) is 5.41 Å². The van der Waals surface area contributed by atoms with E-state index >= 15 is 0 Å². The van der Waals surface area contributed by atoms with Crippen LogP contribution in [0, 0.1) is 41.4 Å². The maximum absolute atomic E-state index is 9.73. The minimum atomic E-state index is 0.0349. The van der Waals surface area contributed by atoms with Crippen molar-refractivity contribution in [3.63, 3.8) is 0 Å². The minimum absolute atomic E-state index is 0.0349. The second-order valence-corrected chi connectivity index (χ2v) is 18.4. The highest BCUT2D eigenvalue weighted by atomic mass is 15.3. The highest BCUT2D eigenvalue weighted by Gasteiger charge is 2.51. The van der Waals surface area contributed by atoms with Crippen molar-refractivity contribution in [1.29, 1.82) is 5.41 Å². The zero-order valence-electron chi connectivity index (χ0n) is 33.2. The molecule has 1 saturated carbocycles. The summed E-state index contributed by atoms with van der Waals surface area (Å²) >= 11 is 0. The Morgan fingerprint density at radius 2 is 1.81 bits per heavy atom. The molecule has 6 aliphatic rings. The molecule has 278 valence electrons. The van der Waals surface area contributed by atoms with Crippen LogP contribution in [0.3, 0.4) is 0 Å². The van der Waals surface area contributed by atoms with E-state index in [1.54, 1.807) is 5.56 Å². The van der Waals surface area contributed by atoms with Crippen LogP contribution in [0.25, 0.3) is 5.57 Å². The molecule has 3 heterocycles. The topological polar surface area (TPSA) is 33.6 Å². The zero-order chi connectivity index (χ0) is 36.5. The van der Waals surface area contributed by atoms with Gasteiger partial charge in [-0.2, -0.15) is 0 Å². The van der Waals surface area contributed by atoms with Gasteiger partial charge in [0, 0.05) is 55.9 Å². The number of hydrogen-bond acceptors (Lipinski definition) is 4. The molecule has 8 unspecified atom stereocenters. The second kappa shape index (κ2) is 14.0. The first-order chi connectivity index (χ1) is 25.0. The standard InChI is InChI=1S/C48H66N4/c1-9-35-15-13-17-52-42(35)26-40-30(4)22-34(24-43(40)52)23-37-27-48(8,31(5)29-51-20-18-50(11-3)19-21-51)28-38-25-41-32(6)39-16-12-14-36(10-2)46(39)47(49)45(41)33(7)44(37)38/h11-12,14,16,25,30,34-35,37,40,42-43,49H,3,5-6,9-10,13,15,17-24,26-29H2,1-2,4,7-8H3. The fourth-order valence-corrected chi connectivity index (χ4v) is 12.8. The van der Waals surface area contributed by atoms with E-state index in [1.807, 2.05) is 6.20 Å². The minimum Gasteiger partial charge on any atom is -0.375 e. The van der Waals surface area contributed by atoms with E-state index in [0.29, 0.717) is 11.6 Å². The molecule has 4 nitrogen and oxygen atoms in total. The lowest BCUT2D eigenvalue weighted by Gasteiger charge is -2.47. The number of fused-ring (bicyclic) bond motifs is 6. The molecule has 2 aromatic rings. The molecule has 4 fully saturated rings. The van der Waals surface area contributed by atoms with E-state index in [2.05, 4.69) is 80.2 Å². The molecule has 8 atom stereocenters. The number of piperazine rings is 1. The van der Waals surface area contributed by atoms with Crippen LogP contribution < -0.4 is 0 Å². The molecule has 8 rings (SSSR count). The number of nitrogens with zero attached hydrogens (tertiary/aromatic N) is 3. The van der Waals surface area contributed by atoms with Crippen molar-refractivity contribution in [2.75, 3.05) is 39.3 Å². The van der Waals surface area contributed by atoms with E-state index in [1.165, 1.54) is 85.7 Å². The fraction of sp³-hybridized carbons (Fsp3) is 0.604. The Balaban J connectivity index is 1.14.